The van der Waals surface area contributed by atoms with Gasteiger partial charge in [-0.05, 0) is 29.9 Å². The van der Waals surface area contributed by atoms with E-state index in [1.54, 1.807) is 0 Å². The molecule has 0 spiro atoms. The molecule has 2 nitrogen and oxygen atoms in total. The van der Waals surface area contributed by atoms with Crippen LogP contribution in [0.1, 0.15) is 34.1 Å². The highest BCUT2D eigenvalue weighted by Crippen LogP contribution is 2.25. The molecule has 0 aromatic carbocycles. The van der Waals surface area contributed by atoms with Gasteiger partial charge in [0.25, 0.3) is 0 Å². The fraction of sp³-hybridized carbons (Fsp3) is 1.00. The first-order valence-corrected chi connectivity index (χ1v) is 7.73. The van der Waals surface area contributed by atoms with Gasteiger partial charge in [-0.25, -0.2) is 0 Å². The Hall–Kier alpha value is 0.270. The van der Waals surface area contributed by atoms with E-state index in [2.05, 4.69) is 49.7 Å². The lowest BCUT2D eigenvalue weighted by Gasteiger charge is -2.43. The van der Waals surface area contributed by atoms with E-state index >= 15 is 0 Å². The maximum atomic E-state index is 3.53. The maximum Gasteiger partial charge on any atom is 0.0269 e. The number of piperazine rings is 1. The van der Waals surface area contributed by atoms with Gasteiger partial charge in [-0.15, -0.1) is 0 Å². The van der Waals surface area contributed by atoms with Crippen molar-refractivity contribution < 1.29 is 0 Å². The molecule has 0 saturated carbocycles. The minimum atomic E-state index is 0.394. The predicted octanol–water partition coefficient (Wildman–Crippen LogP) is 2.45. The molecule has 1 heterocycles. The Morgan fingerprint density at radius 2 is 2.12 bits per heavy atom. The summed E-state index contributed by atoms with van der Waals surface area (Å²) in [5.41, 5.74) is 0.394. The molecule has 16 heavy (non-hydrogen) atoms. The average Bonchev–Trinajstić information content (AvgIpc) is 2.24. The second-order valence-electron chi connectivity index (χ2n) is 5.67. The lowest BCUT2D eigenvalue weighted by atomic mass is 9.84. The van der Waals surface area contributed by atoms with Gasteiger partial charge in [0.15, 0.2) is 0 Å². The van der Waals surface area contributed by atoms with E-state index in [0.29, 0.717) is 11.5 Å². The number of nitrogens with zero attached hydrogens (tertiary/aromatic N) is 1. The van der Waals surface area contributed by atoms with Crippen molar-refractivity contribution in [2.75, 3.05) is 37.7 Å². The van der Waals surface area contributed by atoms with Crippen molar-refractivity contribution in [1.82, 2.24) is 10.2 Å². The summed E-state index contributed by atoms with van der Waals surface area (Å²) < 4.78 is 0. The molecule has 0 amide bonds. The molecule has 1 saturated heterocycles. The van der Waals surface area contributed by atoms with Crippen LogP contribution in [0.2, 0.25) is 0 Å². The Morgan fingerprint density at radius 3 is 2.75 bits per heavy atom. The minimum Gasteiger partial charge on any atom is -0.314 e. The Balaban J connectivity index is 2.35. The van der Waals surface area contributed by atoms with Gasteiger partial charge in [0.2, 0.25) is 0 Å². The van der Waals surface area contributed by atoms with Gasteiger partial charge in [0.1, 0.15) is 0 Å². The maximum absolute atomic E-state index is 3.53. The zero-order valence-corrected chi connectivity index (χ0v) is 12.2. The summed E-state index contributed by atoms with van der Waals surface area (Å²) in [7, 11) is 0. The molecule has 0 aliphatic carbocycles. The Morgan fingerprint density at radius 1 is 1.38 bits per heavy atom. The SMILES string of the molecule is CCSCCCN1CCNCC1C(C)(C)C. The largest absolute Gasteiger partial charge is 0.314 e. The first-order valence-electron chi connectivity index (χ1n) is 6.58. The van der Waals surface area contributed by atoms with Crippen LogP contribution in [-0.4, -0.2) is 48.6 Å². The monoisotopic (exact) mass is 244 g/mol. The van der Waals surface area contributed by atoms with E-state index < -0.39 is 0 Å². The van der Waals surface area contributed by atoms with Crippen molar-refractivity contribution >= 4 is 11.8 Å². The Labute approximate surface area is 106 Å². The molecular weight excluding hydrogens is 216 g/mol. The topological polar surface area (TPSA) is 15.3 Å². The molecule has 0 aromatic heterocycles. The van der Waals surface area contributed by atoms with Crippen LogP contribution in [0.4, 0.5) is 0 Å². The third kappa shape index (κ3) is 4.64. The normalized spacial score (nSPS) is 23.6. The molecule has 3 heteroatoms. The molecule has 1 fully saturated rings. The molecule has 96 valence electrons. The van der Waals surface area contributed by atoms with E-state index in [-0.39, 0.29) is 0 Å². The smallest absolute Gasteiger partial charge is 0.0269 e. The molecule has 1 atom stereocenters. The van der Waals surface area contributed by atoms with Crippen LogP contribution in [0.25, 0.3) is 0 Å². The Kier molecular flexibility index (Phi) is 6.16. The molecule has 1 rings (SSSR count). The summed E-state index contributed by atoms with van der Waals surface area (Å²) in [4.78, 5) is 2.69. The second kappa shape index (κ2) is 6.87. The highest BCUT2D eigenvalue weighted by Gasteiger charge is 2.31. The minimum absolute atomic E-state index is 0.394. The van der Waals surface area contributed by atoms with Crippen LogP contribution >= 0.6 is 11.8 Å². The van der Waals surface area contributed by atoms with E-state index in [9.17, 15) is 0 Å². The fourth-order valence-corrected chi connectivity index (χ4v) is 3.00. The van der Waals surface area contributed by atoms with Crippen LogP contribution in [0.15, 0.2) is 0 Å². The van der Waals surface area contributed by atoms with Gasteiger partial charge >= 0.3 is 0 Å². The lowest BCUT2D eigenvalue weighted by Crippen LogP contribution is -2.56. The summed E-state index contributed by atoms with van der Waals surface area (Å²) in [6.07, 6.45) is 1.34. The van der Waals surface area contributed by atoms with Crippen LogP contribution in [0.5, 0.6) is 0 Å². The number of hydrogen-bond donors (Lipinski definition) is 1. The summed E-state index contributed by atoms with van der Waals surface area (Å²) in [6, 6.07) is 0.702. The van der Waals surface area contributed by atoms with Gasteiger partial charge in [-0.1, -0.05) is 27.7 Å². The van der Waals surface area contributed by atoms with Gasteiger partial charge in [0.05, 0.1) is 0 Å². The zero-order valence-electron chi connectivity index (χ0n) is 11.4. The molecule has 1 unspecified atom stereocenters. The molecule has 1 aliphatic heterocycles. The van der Waals surface area contributed by atoms with Crippen molar-refractivity contribution in [3.63, 3.8) is 0 Å². The molecule has 0 bridgehead atoms. The van der Waals surface area contributed by atoms with Gasteiger partial charge in [-0.2, -0.15) is 11.8 Å². The summed E-state index contributed by atoms with van der Waals surface area (Å²) in [6.45, 7) is 14.1. The van der Waals surface area contributed by atoms with E-state index in [0.717, 1.165) is 13.1 Å². The Bertz CT molecular complexity index is 189. The van der Waals surface area contributed by atoms with Crippen molar-refractivity contribution in [3.05, 3.63) is 0 Å². The highest BCUT2D eigenvalue weighted by molar-refractivity contribution is 7.99. The first kappa shape index (κ1) is 14.3. The van der Waals surface area contributed by atoms with Gasteiger partial charge < -0.3 is 5.32 Å². The molecule has 0 radical (unpaired) electrons. The molecule has 0 aromatic rings. The number of thioether (sulfide) groups is 1. The van der Waals surface area contributed by atoms with Crippen LogP contribution in [0, 0.1) is 5.41 Å². The van der Waals surface area contributed by atoms with Crippen LogP contribution in [-0.2, 0) is 0 Å². The van der Waals surface area contributed by atoms with Crippen LogP contribution < -0.4 is 5.32 Å². The first-order chi connectivity index (χ1) is 7.55. The molecule has 1 aliphatic rings. The number of hydrogen-bond acceptors (Lipinski definition) is 3. The van der Waals surface area contributed by atoms with E-state index in [1.807, 2.05) is 0 Å². The molecular formula is C13H28N2S. The van der Waals surface area contributed by atoms with Crippen molar-refractivity contribution in [2.45, 2.75) is 40.2 Å². The number of rotatable bonds is 5. The summed E-state index contributed by atoms with van der Waals surface area (Å²) in [5.74, 6) is 2.57. The quantitative estimate of drug-likeness (QED) is 0.748. The number of nitrogens with one attached hydrogen (secondary N) is 1. The van der Waals surface area contributed by atoms with Gasteiger partial charge in [0, 0.05) is 25.7 Å². The van der Waals surface area contributed by atoms with Gasteiger partial charge in [-0.3, -0.25) is 4.90 Å². The summed E-state index contributed by atoms with van der Waals surface area (Å²) >= 11 is 2.06. The third-order valence-corrected chi connectivity index (χ3v) is 4.28. The fourth-order valence-electron chi connectivity index (χ4n) is 2.38. The van der Waals surface area contributed by atoms with E-state index in [4.69, 9.17) is 0 Å². The average molecular weight is 244 g/mol. The van der Waals surface area contributed by atoms with Crippen molar-refractivity contribution in [1.29, 1.82) is 0 Å². The highest BCUT2D eigenvalue weighted by atomic mass is 32.2. The lowest BCUT2D eigenvalue weighted by molar-refractivity contribution is 0.0759. The standard InChI is InChI=1S/C13H28N2S/c1-5-16-10-6-8-15-9-7-14-11-12(15)13(2,3)4/h12,14H,5-11H2,1-4H3. The van der Waals surface area contributed by atoms with Crippen molar-refractivity contribution in [3.8, 4) is 0 Å². The zero-order chi connectivity index (χ0) is 12.0. The molecule has 1 N–H and O–H groups in total. The summed E-state index contributed by atoms with van der Waals surface area (Å²) in [5, 5.41) is 3.53. The third-order valence-electron chi connectivity index (χ3n) is 3.29. The predicted molar refractivity (Wildman–Crippen MR) is 75.3 cm³/mol. The van der Waals surface area contributed by atoms with Crippen LogP contribution in [0.3, 0.4) is 0 Å². The van der Waals surface area contributed by atoms with E-state index in [1.165, 1.54) is 31.0 Å². The van der Waals surface area contributed by atoms with Crippen molar-refractivity contribution in [2.24, 2.45) is 5.41 Å². The second-order valence-corrected chi connectivity index (χ2v) is 7.07.